The summed E-state index contributed by atoms with van der Waals surface area (Å²) in [5.41, 5.74) is 0. The second-order valence-corrected chi connectivity index (χ2v) is 9.13. The Kier molecular flexibility index (Phi) is 7.46. The standard InChI is InChI=1S/C18H27N3O3S.ClH/c1-20(25(23,24)17-5-3-2-4-6-17)14-18(22)21-11-9-16(10-12-21)19-13-15-7-8-15;/h2-6,15-16,19H,7-14H2,1H3;1H. The second kappa shape index (κ2) is 9.17. The molecule has 1 aliphatic heterocycles. The summed E-state index contributed by atoms with van der Waals surface area (Å²) in [4.78, 5) is 14.5. The molecule has 1 saturated carbocycles. The number of likely N-dealkylation sites (tertiary alicyclic amines) is 1. The first-order chi connectivity index (χ1) is 12.0. The first-order valence-corrected chi connectivity index (χ1v) is 10.4. The molecule has 0 aromatic heterocycles. The number of rotatable bonds is 7. The second-order valence-electron chi connectivity index (χ2n) is 7.08. The first kappa shape index (κ1) is 21.2. The Bertz CT molecular complexity index is 687. The Morgan fingerprint density at radius 1 is 1.15 bits per heavy atom. The monoisotopic (exact) mass is 401 g/mol. The Morgan fingerprint density at radius 2 is 1.77 bits per heavy atom. The molecule has 8 heteroatoms. The number of nitrogens with zero attached hydrogens (tertiary/aromatic N) is 2. The van der Waals surface area contributed by atoms with Gasteiger partial charge in [0.15, 0.2) is 0 Å². The molecule has 2 fully saturated rings. The Morgan fingerprint density at radius 3 is 2.35 bits per heavy atom. The normalized spacial score (nSPS) is 18.6. The van der Waals surface area contributed by atoms with Crippen molar-refractivity contribution in [1.29, 1.82) is 0 Å². The van der Waals surface area contributed by atoms with Gasteiger partial charge in [-0.2, -0.15) is 4.31 Å². The third-order valence-corrected chi connectivity index (χ3v) is 6.87. The fourth-order valence-electron chi connectivity index (χ4n) is 3.14. The zero-order valence-corrected chi connectivity index (χ0v) is 16.8. The first-order valence-electron chi connectivity index (χ1n) is 8.99. The van der Waals surface area contributed by atoms with Crippen LogP contribution in [0.5, 0.6) is 0 Å². The summed E-state index contributed by atoms with van der Waals surface area (Å²) in [5, 5.41) is 3.59. The number of benzene rings is 1. The third-order valence-electron chi connectivity index (χ3n) is 5.05. The molecule has 1 saturated heterocycles. The van der Waals surface area contributed by atoms with E-state index < -0.39 is 10.0 Å². The number of hydrogen-bond donors (Lipinski definition) is 1. The van der Waals surface area contributed by atoms with Crippen LogP contribution >= 0.6 is 12.4 Å². The molecule has 26 heavy (non-hydrogen) atoms. The molecule has 1 aromatic carbocycles. The van der Waals surface area contributed by atoms with Crippen molar-refractivity contribution >= 4 is 28.3 Å². The van der Waals surface area contributed by atoms with E-state index in [9.17, 15) is 13.2 Å². The predicted molar refractivity (Wildman–Crippen MR) is 104 cm³/mol. The third kappa shape index (κ3) is 5.42. The van der Waals surface area contributed by atoms with Gasteiger partial charge in [-0.15, -0.1) is 12.4 Å². The van der Waals surface area contributed by atoms with Crippen LogP contribution in [-0.2, 0) is 14.8 Å². The maximum Gasteiger partial charge on any atom is 0.243 e. The quantitative estimate of drug-likeness (QED) is 0.755. The number of carbonyl (C=O) groups excluding carboxylic acids is 1. The van der Waals surface area contributed by atoms with E-state index in [0.29, 0.717) is 19.1 Å². The number of amides is 1. The molecule has 0 atom stereocenters. The zero-order valence-electron chi connectivity index (χ0n) is 15.1. The van der Waals surface area contributed by atoms with Crippen LogP contribution in [0.2, 0.25) is 0 Å². The molecule has 0 radical (unpaired) electrons. The number of hydrogen-bond acceptors (Lipinski definition) is 4. The van der Waals surface area contributed by atoms with E-state index in [1.54, 1.807) is 35.2 Å². The van der Waals surface area contributed by atoms with Gasteiger partial charge in [0.05, 0.1) is 11.4 Å². The van der Waals surface area contributed by atoms with E-state index in [0.717, 1.165) is 29.6 Å². The van der Waals surface area contributed by atoms with Crippen molar-refractivity contribution in [3.8, 4) is 0 Å². The van der Waals surface area contributed by atoms with Crippen LogP contribution in [0.4, 0.5) is 0 Å². The molecule has 0 spiro atoms. The van der Waals surface area contributed by atoms with Crippen molar-refractivity contribution < 1.29 is 13.2 Å². The van der Waals surface area contributed by atoms with E-state index in [4.69, 9.17) is 0 Å². The van der Waals surface area contributed by atoms with E-state index in [-0.39, 0.29) is 29.8 Å². The predicted octanol–water partition coefficient (Wildman–Crippen LogP) is 1.72. The highest BCUT2D eigenvalue weighted by Crippen LogP contribution is 2.28. The number of likely N-dealkylation sites (N-methyl/N-ethyl adjacent to an activating group) is 1. The van der Waals surface area contributed by atoms with Gasteiger partial charge < -0.3 is 10.2 Å². The fourth-order valence-corrected chi connectivity index (χ4v) is 4.28. The lowest BCUT2D eigenvalue weighted by Crippen LogP contribution is -2.48. The van der Waals surface area contributed by atoms with Crippen LogP contribution in [0, 0.1) is 5.92 Å². The number of nitrogens with one attached hydrogen (secondary N) is 1. The molecule has 1 N–H and O–H groups in total. The Hall–Kier alpha value is -1.15. The van der Waals surface area contributed by atoms with Crippen molar-refractivity contribution in [2.45, 2.75) is 36.6 Å². The van der Waals surface area contributed by atoms with Gasteiger partial charge in [0.1, 0.15) is 0 Å². The molecule has 0 bridgehead atoms. The molecular weight excluding hydrogens is 374 g/mol. The summed E-state index contributed by atoms with van der Waals surface area (Å²) < 4.78 is 26.1. The van der Waals surface area contributed by atoms with Crippen LogP contribution < -0.4 is 5.32 Å². The van der Waals surface area contributed by atoms with E-state index in [2.05, 4.69) is 5.32 Å². The molecule has 0 unspecified atom stereocenters. The number of sulfonamides is 1. The van der Waals surface area contributed by atoms with Crippen molar-refractivity contribution in [2.75, 3.05) is 33.2 Å². The van der Waals surface area contributed by atoms with Gasteiger partial charge in [-0.1, -0.05) is 18.2 Å². The van der Waals surface area contributed by atoms with Crippen LogP contribution in [0.25, 0.3) is 0 Å². The number of carbonyl (C=O) groups is 1. The smallest absolute Gasteiger partial charge is 0.243 e. The van der Waals surface area contributed by atoms with Crippen molar-refractivity contribution in [3.63, 3.8) is 0 Å². The highest BCUT2D eigenvalue weighted by molar-refractivity contribution is 7.89. The number of halogens is 1. The van der Waals surface area contributed by atoms with Gasteiger partial charge in [-0.3, -0.25) is 4.79 Å². The molecule has 1 aromatic rings. The van der Waals surface area contributed by atoms with E-state index in [1.165, 1.54) is 19.9 Å². The topological polar surface area (TPSA) is 69.7 Å². The lowest BCUT2D eigenvalue weighted by molar-refractivity contribution is -0.132. The Labute approximate surface area is 162 Å². The molecule has 1 amide bonds. The van der Waals surface area contributed by atoms with Crippen LogP contribution in [0.1, 0.15) is 25.7 Å². The van der Waals surface area contributed by atoms with Crippen LogP contribution in [-0.4, -0.2) is 62.8 Å². The molecule has 3 rings (SSSR count). The highest BCUT2D eigenvalue weighted by Gasteiger charge is 2.28. The molecule has 2 aliphatic rings. The van der Waals surface area contributed by atoms with E-state index in [1.807, 2.05) is 0 Å². The minimum Gasteiger partial charge on any atom is -0.341 e. The molecule has 1 aliphatic carbocycles. The van der Waals surface area contributed by atoms with Gasteiger partial charge in [-0.25, -0.2) is 8.42 Å². The molecule has 146 valence electrons. The summed E-state index contributed by atoms with van der Waals surface area (Å²) in [6.07, 6.45) is 4.56. The SMILES string of the molecule is CN(CC(=O)N1CCC(NCC2CC2)CC1)S(=O)(=O)c1ccccc1.Cl. The minimum atomic E-state index is -3.62. The zero-order chi connectivity index (χ0) is 17.9. The highest BCUT2D eigenvalue weighted by atomic mass is 35.5. The summed E-state index contributed by atoms with van der Waals surface area (Å²) in [5.74, 6) is 0.735. The minimum absolute atomic E-state index is 0. The summed E-state index contributed by atoms with van der Waals surface area (Å²) in [6, 6.07) is 8.71. The lowest BCUT2D eigenvalue weighted by atomic mass is 10.0. The summed E-state index contributed by atoms with van der Waals surface area (Å²) in [7, 11) is -2.16. The van der Waals surface area contributed by atoms with Gasteiger partial charge in [0.25, 0.3) is 0 Å². The summed E-state index contributed by atoms with van der Waals surface area (Å²) >= 11 is 0. The molecule has 6 nitrogen and oxygen atoms in total. The average molecular weight is 402 g/mol. The van der Waals surface area contributed by atoms with Crippen LogP contribution in [0.3, 0.4) is 0 Å². The fraction of sp³-hybridized carbons (Fsp3) is 0.611. The maximum absolute atomic E-state index is 12.5. The average Bonchev–Trinajstić information content (AvgIpc) is 3.45. The van der Waals surface area contributed by atoms with Gasteiger partial charge in [-0.05, 0) is 50.3 Å². The van der Waals surface area contributed by atoms with Crippen LogP contribution in [0.15, 0.2) is 35.2 Å². The van der Waals surface area contributed by atoms with Crippen molar-refractivity contribution in [1.82, 2.24) is 14.5 Å². The van der Waals surface area contributed by atoms with E-state index >= 15 is 0 Å². The molecular formula is C18H28ClN3O3S. The Balaban J connectivity index is 0.00000243. The molecule has 1 heterocycles. The largest absolute Gasteiger partial charge is 0.341 e. The summed E-state index contributed by atoms with van der Waals surface area (Å²) in [6.45, 7) is 2.37. The number of piperidine rings is 1. The lowest BCUT2D eigenvalue weighted by Gasteiger charge is -2.33. The van der Waals surface area contributed by atoms with Crippen molar-refractivity contribution in [2.24, 2.45) is 5.92 Å². The van der Waals surface area contributed by atoms with Crippen molar-refractivity contribution in [3.05, 3.63) is 30.3 Å². The van der Waals surface area contributed by atoms with Gasteiger partial charge >= 0.3 is 0 Å². The van der Waals surface area contributed by atoms with Gasteiger partial charge in [0.2, 0.25) is 15.9 Å². The van der Waals surface area contributed by atoms with Gasteiger partial charge in [0, 0.05) is 26.2 Å². The maximum atomic E-state index is 12.5.